The van der Waals surface area contributed by atoms with Gasteiger partial charge < -0.3 is 9.15 Å². The van der Waals surface area contributed by atoms with Crippen molar-refractivity contribution >= 4 is 23.5 Å². The van der Waals surface area contributed by atoms with E-state index in [2.05, 4.69) is 25.7 Å². The van der Waals surface area contributed by atoms with Gasteiger partial charge in [0.25, 0.3) is 0 Å². The second-order valence-electron chi connectivity index (χ2n) is 10.6. The Hall–Kier alpha value is -3.48. The van der Waals surface area contributed by atoms with E-state index in [0.717, 1.165) is 22.6 Å². The Morgan fingerprint density at radius 1 is 1.00 bits per heavy atom. The summed E-state index contributed by atoms with van der Waals surface area (Å²) in [5.74, 6) is 4.99. The van der Waals surface area contributed by atoms with E-state index in [1.54, 1.807) is 19.3 Å². The lowest BCUT2D eigenvalue weighted by atomic mass is 10.1. The molecule has 0 amide bonds. The zero-order valence-corrected chi connectivity index (χ0v) is 25.7. The van der Waals surface area contributed by atoms with Crippen molar-refractivity contribution in [3.8, 4) is 11.8 Å². The molecule has 9 heteroatoms. The highest BCUT2D eigenvalue weighted by molar-refractivity contribution is 8.00. The Balaban J connectivity index is 0.00000197. The van der Waals surface area contributed by atoms with Gasteiger partial charge in [-0.25, -0.2) is 0 Å². The Kier molecular flexibility index (Phi) is 13.4. The zero-order chi connectivity index (χ0) is 31.3. The molecule has 1 aromatic heterocycles. The summed E-state index contributed by atoms with van der Waals surface area (Å²) in [5, 5.41) is -0.366. The van der Waals surface area contributed by atoms with Crippen LogP contribution < -0.4 is 0 Å². The number of hydrogen-bond donors (Lipinski definition) is 0. The fourth-order valence-corrected chi connectivity index (χ4v) is 4.35. The summed E-state index contributed by atoms with van der Waals surface area (Å²) in [7, 11) is 0. The normalized spacial score (nSPS) is 12.0. The van der Waals surface area contributed by atoms with Crippen LogP contribution in [-0.2, 0) is 28.8 Å². The SMILES string of the molecule is CC(Sc1ccc(CN(CC#CC(=O)c2cccc(C(F)(F)F)c2)Cc2ccco2)cc1)C(=O)OC(C)(C)C.CCC. The number of hydrogen-bond acceptors (Lipinski definition) is 6. The van der Waals surface area contributed by atoms with Crippen molar-refractivity contribution in [3.05, 3.63) is 89.4 Å². The van der Waals surface area contributed by atoms with Gasteiger partial charge in [-0.3, -0.25) is 14.5 Å². The predicted octanol–water partition coefficient (Wildman–Crippen LogP) is 8.43. The molecule has 42 heavy (non-hydrogen) atoms. The first-order chi connectivity index (χ1) is 19.7. The van der Waals surface area contributed by atoms with E-state index in [0.29, 0.717) is 18.8 Å². The van der Waals surface area contributed by atoms with E-state index in [1.807, 2.05) is 56.0 Å². The van der Waals surface area contributed by atoms with Crippen LogP contribution in [0, 0.1) is 11.8 Å². The number of halogens is 3. The molecule has 0 saturated carbocycles. The Morgan fingerprint density at radius 2 is 1.67 bits per heavy atom. The van der Waals surface area contributed by atoms with Gasteiger partial charge >= 0.3 is 12.1 Å². The lowest BCUT2D eigenvalue weighted by molar-refractivity contribution is -0.153. The summed E-state index contributed by atoms with van der Waals surface area (Å²) in [5.41, 5.74) is -0.574. The van der Waals surface area contributed by atoms with Crippen LogP contribution >= 0.6 is 11.8 Å². The molecule has 226 valence electrons. The number of Topliss-reactive ketones (excluding diaryl/α,β-unsaturated/α-hetero) is 1. The summed E-state index contributed by atoms with van der Waals surface area (Å²) in [4.78, 5) is 27.6. The molecule has 3 aromatic rings. The molecule has 1 unspecified atom stereocenters. The second kappa shape index (κ2) is 16.2. The third-order valence-corrected chi connectivity index (χ3v) is 6.39. The number of esters is 1. The first-order valence-corrected chi connectivity index (χ1v) is 14.5. The second-order valence-corrected chi connectivity index (χ2v) is 12.0. The maximum atomic E-state index is 13.0. The van der Waals surface area contributed by atoms with Crippen LogP contribution in [0.4, 0.5) is 13.2 Å². The first-order valence-electron chi connectivity index (χ1n) is 13.7. The van der Waals surface area contributed by atoms with Crippen molar-refractivity contribution in [2.24, 2.45) is 0 Å². The van der Waals surface area contributed by atoms with E-state index in [4.69, 9.17) is 9.15 Å². The number of thioether (sulfide) groups is 1. The maximum absolute atomic E-state index is 13.0. The van der Waals surface area contributed by atoms with Gasteiger partial charge in [0.05, 0.1) is 24.9 Å². The molecular weight excluding hydrogens is 563 g/mol. The summed E-state index contributed by atoms with van der Waals surface area (Å²) in [6, 6.07) is 15.6. The van der Waals surface area contributed by atoms with E-state index >= 15 is 0 Å². The first kappa shape index (κ1) is 34.7. The quantitative estimate of drug-likeness (QED) is 0.0807. The lowest BCUT2D eigenvalue weighted by Crippen LogP contribution is -2.28. The smallest absolute Gasteiger partial charge is 0.416 e. The molecule has 0 radical (unpaired) electrons. The number of rotatable bonds is 9. The van der Waals surface area contributed by atoms with Gasteiger partial charge in [0.1, 0.15) is 16.6 Å². The molecule has 2 aromatic carbocycles. The number of ether oxygens (including phenoxy) is 1. The fourth-order valence-electron chi connectivity index (χ4n) is 3.50. The van der Waals surface area contributed by atoms with Crippen LogP contribution in [0.3, 0.4) is 0 Å². The highest BCUT2D eigenvalue weighted by Crippen LogP contribution is 2.29. The fraction of sp³-hybridized carbons (Fsp3) is 0.394. The van der Waals surface area contributed by atoms with Crippen LogP contribution in [0.2, 0.25) is 0 Å². The van der Waals surface area contributed by atoms with Gasteiger partial charge in [0, 0.05) is 17.0 Å². The number of carbonyl (C=O) groups excluding carboxylic acids is 2. The molecular formula is C33H38F3NO4S. The van der Waals surface area contributed by atoms with E-state index < -0.39 is 23.1 Å². The molecule has 1 heterocycles. The maximum Gasteiger partial charge on any atom is 0.416 e. The monoisotopic (exact) mass is 601 g/mol. The number of furan rings is 1. The average Bonchev–Trinajstić information content (AvgIpc) is 3.42. The molecule has 0 bridgehead atoms. The van der Waals surface area contributed by atoms with Crippen molar-refractivity contribution in [1.29, 1.82) is 0 Å². The van der Waals surface area contributed by atoms with Crippen molar-refractivity contribution in [2.45, 2.75) is 83.0 Å². The standard InChI is InChI=1S/C30H30F3NO4S.C3H8/c1-21(28(36)38-29(2,3)4)39-26-14-12-22(13-15-26)19-34(20-25-10-7-17-37-25)16-6-11-27(35)23-8-5-9-24(18-23)30(31,32)33;1-3-2/h5,7-10,12-15,17-18,21H,16,19-20H2,1-4H3;3H2,1-2H3. The molecule has 0 aliphatic rings. The van der Waals surface area contributed by atoms with Gasteiger partial charge in [0.15, 0.2) is 0 Å². The van der Waals surface area contributed by atoms with E-state index in [9.17, 15) is 22.8 Å². The molecule has 0 spiro atoms. The topological polar surface area (TPSA) is 59.8 Å². The molecule has 0 aliphatic carbocycles. The van der Waals surface area contributed by atoms with Gasteiger partial charge in [0.2, 0.25) is 5.78 Å². The Bertz CT molecular complexity index is 1330. The number of ketones is 1. The van der Waals surface area contributed by atoms with Crippen molar-refractivity contribution in [3.63, 3.8) is 0 Å². The number of carbonyl (C=O) groups is 2. The van der Waals surface area contributed by atoms with Gasteiger partial charge in [-0.15, -0.1) is 11.8 Å². The Labute approximate surface area is 250 Å². The Morgan fingerprint density at radius 3 is 2.24 bits per heavy atom. The number of nitrogens with zero attached hydrogens (tertiary/aromatic N) is 1. The molecule has 0 fully saturated rings. The van der Waals surface area contributed by atoms with Crippen molar-refractivity contribution in [1.82, 2.24) is 4.90 Å². The average molecular weight is 602 g/mol. The van der Waals surface area contributed by atoms with Crippen LogP contribution in [0.25, 0.3) is 0 Å². The van der Waals surface area contributed by atoms with E-state index in [1.165, 1.54) is 30.3 Å². The highest BCUT2D eigenvalue weighted by Gasteiger charge is 2.30. The van der Waals surface area contributed by atoms with Gasteiger partial charge in [-0.2, -0.15) is 13.2 Å². The summed E-state index contributed by atoms with van der Waals surface area (Å²) in [6.07, 6.45) is -1.72. The predicted molar refractivity (Wildman–Crippen MR) is 160 cm³/mol. The zero-order valence-electron chi connectivity index (χ0n) is 24.9. The highest BCUT2D eigenvalue weighted by atomic mass is 32.2. The van der Waals surface area contributed by atoms with Crippen molar-refractivity contribution in [2.75, 3.05) is 6.54 Å². The van der Waals surface area contributed by atoms with Crippen LogP contribution in [0.1, 0.15) is 75.2 Å². The minimum atomic E-state index is -4.54. The minimum Gasteiger partial charge on any atom is -0.468 e. The van der Waals surface area contributed by atoms with Gasteiger partial charge in [-0.1, -0.05) is 50.5 Å². The van der Waals surface area contributed by atoms with E-state index in [-0.39, 0.29) is 23.3 Å². The number of alkyl halides is 3. The third-order valence-electron chi connectivity index (χ3n) is 5.30. The van der Waals surface area contributed by atoms with Crippen LogP contribution in [-0.4, -0.2) is 34.0 Å². The van der Waals surface area contributed by atoms with Gasteiger partial charge in [-0.05, 0) is 75.6 Å². The molecule has 1 atom stereocenters. The molecule has 0 aliphatic heterocycles. The largest absolute Gasteiger partial charge is 0.468 e. The molecule has 3 rings (SSSR count). The lowest BCUT2D eigenvalue weighted by Gasteiger charge is -2.22. The minimum absolute atomic E-state index is 0.108. The summed E-state index contributed by atoms with van der Waals surface area (Å²) < 4.78 is 49.8. The molecule has 0 N–H and O–H groups in total. The van der Waals surface area contributed by atoms with Crippen LogP contribution in [0.5, 0.6) is 0 Å². The molecule has 5 nitrogen and oxygen atoms in total. The van der Waals surface area contributed by atoms with Crippen LogP contribution in [0.15, 0.2) is 76.2 Å². The number of benzene rings is 2. The van der Waals surface area contributed by atoms with Crippen molar-refractivity contribution < 1.29 is 31.9 Å². The molecule has 0 saturated heterocycles. The third kappa shape index (κ3) is 12.6. The summed E-state index contributed by atoms with van der Waals surface area (Å²) >= 11 is 1.41. The summed E-state index contributed by atoms with van der Waals surface area (Å²) in [6.45, 7) is 12.6.